The van der Waals surface area contributed by atoms with Crippen molar-refractivity contribution in [3.8, 4) is 0 Å². The second-order valence-electron chi connectivity index (χ2n) is 6.47. The molecule has 10 heteroatoms. The van der Waals surface area contributed by atoms with E-state index >= 15 is 0 Å². The molecule has 1 aliphatic heterocycles. The van der Waals surface area contributed by atoms with Crippen molar-refractivity contribution in [2.75, 3.05) is 25.0 Å². The Morgan fingerprint density at radius 1 is 1.21 bits per heavy atom. The lowest BCUT2D eigenvalue weighted by molar-refractivity contribution is -0.384. The molecule has 154 valence electrons. The van der Waals surface area contributed by atoms with E-state index in [1.54, 1.807) is 25.1 Å². The number of nitro groups is 1. The zero-order chi connectivity index (χ0) is 21.0. The largest absolute Gasteiger partial charge is 0.462 e. The number of nitrogens with zero attached hydrogens (tertiary/aromatic N) is 2. The van der Waals surface area contributed by atoms with E-state index in [0.717, 1.165) is 18.9 Å². The van der Waals surface area contributed by atoms with Crippen LogP contribution >= 0.6 is 0 Å². The van der Waals surface area contributed by atoms with Crippen LogP contribution in [0.4, 0.5) is 17.1 Å². The van der Waals surface area contributed by atoms with Gasteiger partial charge in [0.1, 0.15) is 5.69 Å². The Balaban J connectivity index is 1.91. The minimum atomic E-state index is -3.77. The number of benzene rings is 2. The molecule has 2 aromatic rings. The third-order valence-corrected chi connectivity index (χ3v) is 6.42. The average Bonchev–Trinajstić information content (AvgIpc) is 3.24. The number of anilines is 2. The number of nitrogens with one attached hydrogen (secondary N) is 1. The Bertz CT molecular complexity index is 1030. The van der Waals surface area contributed by atoms with Gasteiger partial charge < -0.3 is 10.1 Å². The molecule has 0 aromatic heterocycles. The minimum Gasteiger partial charge on any atom is -0.462 e. The van der Waals surface area contributed by atoms with E-state index < -0.39 is 20.9 Å². The zero-order valence-electron chi connectivity index (χ0n) is 15.8. The summed E-state index contributed by atoms with van der Waals surface area (Å²) in [5.74, 6) is -0.502. The Kier molecular flexibility index (Phi) is 6.14. The van der Waals surface area contributed by atoms with Crippen molar-refractivity contribution in [1.29, 1.82) is 0 Å². The molecule has 0 spiro atoms. The topological polar surface area (TPSA) is 119 Å². The molecular weight excluding hydrogens is 398 g/mol. The van der Waals surface area contributed by atoms with Crippen LogP contribution in [0.15, 0.2) is 47.4 Å². The third-order valence-electron chi connectivity index (χ3n) is 4.52. The molecule has 1 N–H and O–H groups in total. The van der Waals surface area contributed by atoms with E-state index in [9.17, 15) is 23.3 Å². The Labute approximate surface area is 168 Å². The van der Waals surface area contributed by atoms with Crippen LogP contribution in [0, 0.1) is 10.1 Å². The summed E-state index contributed by atoms with van der Waals surface area (Å²) in [4.78, 5) is 22.7. The lowest BCUT2D eigenvalue weighted by Gasteiger charge is -2.16. The van der Waals surface area contributed by atoms with Crippen LogP contribution in [0.3, 0.4) is 0 Å². The Morgan fingerprint density at radius 2 is 1.93 bits per heavy atom. The van der Waals surface area contributed by atoms with Crippen molar-refractivity contribution in [2.45, 2.75) is 24.7 Å². The second kappa shape index (κ2) is 8.58. The smallest absolute Gasteiger partial charge is 0.338 e. The standard InChI is InChI=1S/C19H21N3O6S/c1-2-28-19(23)14-6-5-7-15(12-14)20-17-9-8-16(13-18(17)22(24)25)29(26,27)21-10-3-4-11-21/h5-9,12-13,20H,2-4,10-11H2,1H3. The highest BCUT2D eigenvalue weighted by Crippen LogP contribution is 2.32. The van der Waals surface area contributed by atoms with Gasteiger partial charge in [-0.3, -0.25) is 10.1 Å². The predicted octanol–water partition coefficient (Wildman–Crippen LogP) is 3.30. The molecule has 9 nitrogen and oxygen atoms in total. The van der Waals surface area contributed by atoms with Crippen molar-refractivity contribution in [3.63, 3.8) is 0 Å². The monoisotopic (exact) mass is 419 g/mol. The van der Waals surface area contributed by atoms with E-state index in [-0.39, 0.29) is 22.9 Å². The maximum absolute atomic E-state index is 12.7. The average molecular weight is 419 g/mol. The number of sulfonamides is 1. The van der Waals surface area contributed by atoms with Gasteiger partial charge in [-0.1, -0.05) is 6.07 Å². The highest BCUT2D eigenvalue weighted by molar-refractivity contribution is 7.89. The van der Waals surface area contributed by atoms with Gasteiger partial charge in [0.2, 0.25) is 10.0 Å². The van der Waals surface area contributed by atoms with E-state index in [1.807, 2.05) is 0 Å². The molecule has 0 bridgehead atoms. The van der Waals surface area contributed by atoms with Gasteiger partial charge in [0, 0.05) is 24.8 Å². The van der Waals surface area contributed by atoms with Gasteiger partial charge in [-0.15, -0.1) is 0 Å². The molecule has 1 saturated heterocycles. The fourth-order valence-corrected chi connectivity index (χ4v) is 4.64. The Morgan fingerprint density at radius 3 is 2.59 bits per heavy atom. The first-order chi connectivity index (χ1) is 13.8. The normalized spacial score (nSPS) is 14.5. The number of esters is 1. The SMILES string of the molecule is CCOC(=O)c1cccc(Nc2ccc(S(=O)(=O)N3CCCC3)cc2[N+](=O)[O-])c1. The van der Waals surface area contributed by atoms with Crippen molar-refractivity contribution in [2.24, 2.45) is 0 Å². The molecule has 0 unspecified atom stereocenters. The Hall–Kier alpha value is -2.98. The van der Waals surface area contributed by atoms with Gasteiger partial charge in [-0.2, -0.15) is 4.31 Å². The maximum atomic E-state index is 12.7. The van der Waals surface area contributed by atoms with E-state index in [0.29, 0.717) is 24.3 Å². The number of carbonyl (C=O) groups excluding carboxylic acids is 1. The number of nitro benzene ring substituents is 1. The highest BCUT2D eigenvalue weighted by atomic mass is 32.2. The van der Waals surface area contributed by atoms with Crippen molar-refractivity contribution < 1.29 is 22.9 Å². The molecule has 2 aromatic carbocycles. The zero-order valence-corrected chi connectivity index (χ0v) is 16.6. The van der Waals surface area contributed by atoms with Crippen LogP contribution < -0.4 is 5.32 Å². The van der Waals surface area contributed by atoms with Gasteiger partial charge >= 0.3 is 5.97 Å². The summed E-state index contributed by atoms with van der Waals surface area (Å²) in [5.41, 5.74) is 0.490. The van der Waals surface area contributed by atoms with Gasteiger partial charge in [0.25, 0.3) is 5.69 Å². The second-order valence-corrected chi connectivity index (χ2v) is 8.41. The summed E-state index contributed by atoms with van der Waals surface area (Å²) in [6.45, 7) is 2.75. The van der Waals surface area contributed by atoms with Crippen LogP contribution in [-0.2, 0) is 14.8 Å². The first kappa shape index (κ1) is 20.7. The van der Waals surface area contributed by atoms with Crippen LogP contribution in [0.5, 0.6) is 0 Å². The molecule has 0 amide bonds. The fraction of sp³-hybridized carbons (Fsp3) is 0.316. The third kappa shape index (κ3) is 4.54. The summed E-state index contributed by atoms with van der Waals surface area (Å²) in [6.07, 6.45) is 1.55. The molecule has 1 heterocycles. The fourth-order valence-electron chi connectivity index (χ4n) is 3.10. The number of rotatable bonds is 7. The summed E-state index contributed by atoms with van der Waals surface area (Å²) >= 11 is 0. The van der Waals surface area contributed by atoms with Crippen LogP contribution in [0.2, 0.25) is 0 Å². The lowest BCUT2D eigenvalue weighted by atomic mass is 10.2. The molecule has 1 aliphatic rings. The molecular formula is C19H21N3O6S. The van der Waals surface area contributed by atoms with Crippen molar-refractivity contribution >= 4 is 33.1 Å². The van der Waals surface area contributed by atoms with Crippen molar-refractivity contribution in [1.82, 2.24) is 4.31 Å². The quantitative estimate of drug-likeness (QED) is 0.415. The number of hydrogen-bond acceptors (Lipinski definition) is 7. The maximum Gasteiger partial charge on any atom is 0.338 e. The summed E-state index contributed by atoms with van der Waals surface area (Å²) in [6, 6.07) is 10.1. The lowest BCUT2D eigenvalue weighted by Crippen LogP contribution is -2.27. The predicted molar refractivity (Wildman–Crippen MR) is 107 cm³/mol. The molecule has 29 heavy (non-hydrogen) atoms. The van der Waals surface area contributed by atoms with Gasteiger partial charge in [-0.25, -0.2) is 13.2 Å². The van der Waals surface area contributed by atoms with E-state index in [1.165, 1.54) is 22.5 Å². The van der Waals surface area contributed by atoms with Crippen LogP contribution in [0.1, 0.15) is 30.1 Å². The van der Waals surface area contributed by atoms with Gasteiger partial charge in [-0.05, 0) is 50.1 Å². The molecule has 0 atom stereocenters. The molecule has 3 rings (SSSR count). The first-order valence-electron chi connectivity index (χ1n) is 9.15. The number of carbonyl (C=O) groups is 1. The number of ether oxygens (including phenoxy) is 1. The highest BCUT2D eigenvalue weighted by Gasteiger charge is 2.29. The molecule has 1 fully saturated rings. The van der Waals surface area contributed by atoms with E-state index in [2.05, 4.69) is 5.32 Å². The minimum absolute atomic E-state index is 0.114. The van der Waals surface area contributed by atoms with Crippen LogP contribution in [-0.4, -0.2) is 43.3 Å². The van der Waals surface area contributed by atoms with Crippen LogP contribution in [0.25, 0.3) is 0 Å². The molecule has 0 aliphatic carbocycles. The van der Waals surface area contributed by atoms with Gasteiger partial charge in [0.05, 0.1) is 22.0 Å². The number of hydrogen-bond donors (Lipinski definition) is 1. The van der Waals surface area contributed by atoms with Gasteiger partial charge in [0.15, 0.2) is 0 Å². The molecule has 0 radical (unpaired) electrons. The van der Waals surface area contributed by atoms with E-state index in [4.69, 9.17) is 4.74 Å². The molecule has 0 saturated carbocycles. The summed E-state index contributed by atoms with van der Waals surface area (Å²) < 4.78 is 31.7. The van der Waals surface area contributed by atoms with Crippen molar-refractivity contribution in [3.05, 3.63) is 58.1 Å². The first-order valence-corrected chi connectivity index (χ1v) is 10.6. The summed E-state index contributed by atoms with van der Waals surface area (Å²) in [5, 5.41) is 14.4. The summed E-state index contributed by atoms with van der Waals surface area (Å²) in [7, 11) is -3.77.